The van der Waals surface area contributed by atoms with E-state index in [1.807, 2.05) is 24.3 Å². The molecule has 2 aromatic carbocycles. The topological polar surface area (TPSA) is 51.1 Å². The number of fused-ring (bicyclic) bond motifs is 1. The molecule has 1 heterocycles. The molecule has 2 aliphatic rings. The average Bonchev–Trinajstić information content (AvgIpc) is 3.46. The second kappa shape index (κ2) is 6.33. The fourth-order valence-electron chi connectivity index (χ4n) is 3.43. The Morgan fingerprint density at radius 2 is 1.80 bits per heavy atom. The molecule has 0 bridgehead atoms. The van der Waals surface area contributed by atoms with E-state index in [9.17, 15) is 9.59 Å². The van der Waals surface area contributed by atoms with Crippen molar-refractivity contribution >= 4 is 17.4 Å². The lowest BCUT2D eigenvalue weighted by molar-refractivity contribution is -0.923. The van der Waals surface area contributed by atoms with E-state index >= 15 is 0 Å². The second-order valence-corrected chi connectivity index (χ2v) is 6.69. The number of nitrogens with zero attached hydrogens (tertiary/aromatic N) is 1. The van der Waals surface area contributed by atoms with Crippen molar-refractivity contribution in [2.75, 3.05) is 18.7 Å². The Morgan fingerprint density at radius 3 is 2.48 bits per heavy atom. The summed E-state index contributed by atoms with van der Waals surface area (Å²) in [5.74, 6) is 0.0373. The van der Waals surface area contributed by atoms with Crippen molar-refractivity contribution in [1.29, 1.82) is 0 Å². The molecular formula is C20H21N2O3+. The zero-order valence-electron chi connectivity index (χ0n) is 14.2. The molecular weight excluding hydrogens is 316 g/mol. The summed E-state index contributed by atoms with van der Waals surface area (Å²) >= 11 is 0. The van der Waals surface area contributed by atoms with E-state index in [0.717, 1.165) is 18.0 Å². The van der Waals surface area contributed by atoms with Crippen molar-refractivity contribution in [3.63, 3.8) is 0 Å². The number of ketones is 1. The molecule has 1 aliphatic heterocycles. The third kappa shape index (κ3) is 3.03. The zero-order valence-corrected chi connectivity index (χ0v) is 14.2. The lowest BCUT2D eigenvalue weighted by Gasteiger charge is -2.25. The van der Waals surface area contributed by atoms with Gasteiger partial charge in [-0.2, -0.15) is 0 Å². The van der Waals surface area contributed by atoms with Gasteiger partial charge >= 0.3 is 5.91 Å². The predicted molar refractivity (Wildman–Crippen MR) is 93.8 cm³/mol. The first-order valence-electron chi connectivity index (χ1n) is 8.60. The third-order valence-electron chi connectivity index (χ3n) is 4.99. The Bertz CT molecular complexity index is 812. The van der Waals surface area contributed by atoms with Crippen LogP contribution in [0.2, 0.25) is 0 Å². The van der Waals surface area contributed by atoms with E-state index in [-0.39, 0.29) is 0 Å². The summed E-state index contributed by atoms with van der Waals surface area (Å²) in [7, 11) is 1.66. The fourth-order valence-corrected chi connectivity index (χ4v) is 3.43. The first kappa shape index (κ1) is 15.8. The van der Waals surface area contributed by atoms with Crippen LogP contribution in [0.25, 0.3) is 0 Å². The summed E-state index contributed by atoms with van der Waals surface area (Å²) in [5, 5.41) is 0. The minimum Gasteiger partial charge on any atom is -0.497 e. The number of benzene rings is 2. The van der Waals surface area contributed by atoms with Gasteiger partial charge in [-0.3, -0.25) is 14.5 Å². The van der Waals surface area contributed by atoms with Gasteiger partial charge in [0.1, 0.15) is 12.3 Å². The number of para-hydroxylation sites is 1. The van der Waals surface area contributed by atoms with Crippen molar-refractivity contribution < 1.29 is 19.2 Å². The molecule has 25 heavy (non-hydrogen) atoms. The van der Waals surface area contributed by atoms with E-state index in [4.69, 9.17) is 4.74 Å². The molecule has 1 saturated carbocycles. The predicted octanol–water partition coefficient (Wildman–Crippen LogP) is 1.43. The smallest absolute Gasteiger partial charge is 0.303 e. The number of amides is 1. The van der Waals surface area contributed by atoms with Crippen LogP contribution >= 0.6 is 0 Å². The Balaban J connectivity index is 1.54. The van der Waals surface area contributed by atoms with Gasteiger partial charge in [-0.15, -0.1) is 0 Å². The second-order valence-electron chi connectivity index (χ2n) is 6.69. The molecule has 0 radical (unpaired) electrons. The van der Waals surface area contributed by atoms with Gasteiger partial charge < -0.3 is 9.64 Å². The van der Waals surface area contributed by atoms with Gasteiger partial charge in [0, 0.05) is 18.4 Å². The standard InChI is InChI=1S/C20H20N2O3/c1-25-16-10-6-14(7-11-16)12-21(15-8-9-15)13-22-18-5-3-2-4-17(18)19(23)20(22)24/h2-7,10-11,15H,8-9,12-13H2,1H3/p+1. The van der Waals surface area contributed by atoms with Crippen molar-refractivity contribution in [3.05, 3.63) is 59.7 Å². The number of anilines is 1. The third-order valence-corrected chi connectivity index (χ3v) is 4.99. The molecule has 5 heteroatoms. The normalized spacial score (nSPS) is 17.6. The Morgan fingerprint density at radius 1 is 1.08 bits per heavy atom. The summed E-state index contributed by atoms with van der Waals surface area (Å²) in [4.78, 5) is 27.6. The van der Waals surface area contributed by atoms with Crippen LogP contribution in [0.1, 0.15) is 28.8 Å². The highest BCUT2D eigenvalue weighted by atomic mass is 16.5. The van der Waals surface area contributed by atoms with Crippen LogP contribution in [-0.2, 0) is 11.3 Å². The van der Waals surface area contributed by atoms with Gasteiger partial charge in [0.05, 0.1) is 24.4 Å². The van der Waals surface area contributed by atoms with Crippen LogP contribution in [0.15, 0.2) is 48.5 Å². The number of Topliss-reactive ketones (excluding diaryl/α,β-unsaturated/α-hetero) is 1. The van der Waals surface area contributed by atoms with Gasteiger partial charge in [-0.25, -0.2) is 0 Å². The van der Waals surface area contributed by atoms with Crippen LogP contribution < -0.4 is 14.5 Å². The highest BCUT2D eigenvalue weighted by Crippen LogP contribution is 2.28. The molecule has 1 N–H and O–H groups in total. The van der Waals surface area contributed by atoms with E-state index in [2.05, 4.69) is 12.1 Å². The highest BCUT2D eigenvalue weighted by Gasteiger charge is 2.41. The molecule has 1 aliphatic carbocycles. The minimum absolute atomic E-state index is 0.393. The number of quaternary nitrogens is 1. The van der Waals surface area contributed by atoms with Crippen LogP contribution in [0, 0.1) is 0 Å². The Kier molecular flexibility index (Phi) is 4.01. The maximum absolute atomic E-state index is 12.4. The lowest BCUT2D eigenvalue weighted by Crippen LogP contribution is -3.13. The maximum atomic E-state index is 12.4. The van der Waals surface area contributed by atoms with Crippen LogP contribution in [-0.4, -0.2) is 31.5 Å². The van der Waals surface area contributed by atoms with Crippen LogP contribution in [0.5, 0.6) is 5.75 Å². The molecule has 2 aromatic rings. The quantitative estimate of drug-likeness (QED) is 0.812. The molecule has 0 saturated heterocycles. The van der Waals surface area contributed by atoms with Crippen molar-refractivity contribution in [2.24, 2.45) is 0 Å². The molecule has 1 atom stereocenters. The number of hydrogen-bond donors (Lipinski definition) is 1. The highest BCUT2D eigenvalue weighted by molar-refractivity contribution is 6.52. The van der Waals surface area contributed by atoms with Gasteiger partial charge in [-0.1, -0.05) is 12.1 Å². The molecule has 1 unspecified atom stereocenters. The molecule has 1 amide bonds. The number of carbonyl (C=O) groups excluding carboxylic acids is 2. The molecule has 128 valence electrons. The van der Waals surface area contributed by atoms with Crippen LogP contribution in [0.4, 0.5) is 5.69 Å². The van der Waals surface area contributed by atoms with Crippen molar-refractivity contribution in [2.45, 2.75) is 25.4 Å². The summed E-state index contributed by atoms with van der Waals surface area (Å²) in [5.41, 5.74) is 2.46. The first-order chi connectivity index (χ1) is 12.2. The van der Waals surface area contributed by atoms with Gasteiger partial charge in [0.25, 0.3) is 5.78 Å². The number of methoxy groups -OCH3 is 1. The summed E-state index contributed by atoms with van der Waals surface area (Å²) in [6, 6.07) is 15.9. The number of ether oxygens (including phenoxy) is 1. The fraction of sp³-hybridized carbons (Fsp3) is 0.300. The number of carbonyl (C=O) groups is 2. The van der Waals surface area contributed by atoms with Crippen molar-refractivity contribution in [3.8, 4) is 5.75 Å². The summed E-state index contributed by atoms with van der Waals surface area (Å²) < 4.78 is 5.21. The molecule has 5 nitrogen and oxygen atoms in total. The maximum Gasteiger partial charge on any atom is 0.303 e. The Hall–Kier alpha value is -2.66. The number of hydrogen-bond acceptors (Lipinski definition) is 3. The SMILES string of the molecule is COc1ccc(C[NH+](CN2C(=O)C(=O)c3ccccc32)C2CC2)cc1. The number of rotatable bonds is 6. The largest absolute Gasteiger partial charge is 0.497 e. The minimum atomic E-state index is -0.408. The molecule has 1 fully saturated rings. The van der Waals surface area contributed by atoms with E-state index < -0.39 is 11.7 Å². The van der Waals surface area contributed by atoms with Crippen molar-refractivity contribution in [1.82, 2.24) is 0 Å². The molecule has 0 aromatic heterocycles. The van der Waals surface area contributed by atoms with E-state index in [1.165, 1.54) is 23.3 Å². The van der Waals surface area contributed by atoms with Crippen LogP contribution in [0.3, 0.4) is 0 Å². The lowest BCUT2D eigenvalue weighted by atomic mass is 10.1. The number of nitrogens with one attached hydrogen (secondary N) is 1. The van der Waals surface area contributed by atoms with E-state index in [1.54, 1.807) is 24.1 Å². The van der Waals surface area contributed by atoms with Gasteiger partial charge in [0.15, 0.2) is 6.67 Å². The van der Waals surface area contributed by atoms with Gasteiger partial charge in [0.2, 0.25) is 0 Å². The first-order valence-corrected chi connectivity index (χ1v) is 8.60. The average molecular weight is 337 g/mol. The summed E-state index contributed by atoms with van der Waals surface area (Å²) in [6.07, 6.45) is 2.34. The van der Waals surface area contributed by atoms with Gasteiger partial charge in [-0.05, 0) is 36.4 Å². The van der Waals surface area contributed by atoms with E-state index in [0.29, 0.717) is 18.3 Å². The Labute approximate surface area is 146 Å². The zero-order chi connectivity index (χ0) is 17.4. The monoisotopic (exact) mass is 337 g/mol. The summed E-state index contributed by atoms with van der Waals surface area (Å²) in [6.45, 7) is 1.35. The molecule has 0 spiro atoms. The molecule has 4 rings (SSSR count).